The molecule has 42 heavy (non-hydrogen) atoms. The van der Waals surface area contributed by atoms with Gasteiger partial charge in [-0.15, -0.1) is 0 Å². The predicted molar refractivity (Wildman–Crippen MR) is 160 cm³/mol. The molecule has 2 N–H and O–H groups in total. The second kappa shape index (κ2) is 15.0. The topological polar surface area (TPSA) is 114 Å². The van der Waals surface area contributed by atoms with E-state index < -0.39 is 28.3 Å². The minimum absolute atomic E-state index is 0.0314. The number of methoxy groups -OCH3 is 2. The summed E-state index contributed by atoms with van der Waals surface area (Å²) < 4.78 is 44.8. The van der Waals surface area contributed by atoms with Crippen LogP contribution in [0.4, 0.5) is 4.79 Å². The summed E-state index contributed by atoms with van der Waals surface area (Å²) >= 11 is 0. The van der Waals surface area contributed by atoms with Crippen LogP contribution < -0.4 is 14.8 Å². The summed E-state index contributed by atoms with van der Waals surface area (Å²) in [5.41, 5.74) is 1.66. The van der Waals surface area contributed by atoms with Crippen LogP contribution in [0.15, 0.2) is 83.8 Å². The number of amides is 1. The summed E-state index contributed by atoms with van der Waals surface area (Å²) in [6, 6.07) is 22.0. The molecule has 1 saturated carbocycles. The number of aliphatic hydroxyl groups is 1. The molecule has 3 aromatic rings. The maximum Gasteiger partial charge on any atom is 0.407 e. The number of rotatable bonds is 14. The molecule has 3 aromatic carbocycles. The van der Waals surface area contributed by atoms with Crippen LogP contribution in [0.5, 0.6) is 11.5 Å². The Morgan fingerprint density at radius 2 is 1.50 bits per heavy atom. The number of aliphatic hydroxyl groups excluding tert-OH is 1. The van der Waals surface area contributed by atoms with Gasteiger partial charge in [-0.05, 0) is 72.7 Å². The number of nitrogens with zero attached hydrogens (tertiary/aromatic N) is 1. The lowest BCUT2D eigenvalue weighted by molar-refractivity contribution is 0.0867. The Bertz CT molecular complexity index is 1360. The molecular weight excluding hydrogens is 556 g/mol. The molecule has 0 bridgehead atoms. The molecule has 2 atom stereocenters. The van der Waals surface area contributed by atoms with Crippen molar-refractivity contribution in [3.63, 3.8) is 0 Å². The molecule has 10 heteroatoms. The van der Waals surface area contributed by atoms with Crippen molar-refractivity contribution in [1.82, 2.24) is 9.62 Å². The smallest absolute Gasteiger partial charge is 0.407 e. The Kier molecular flexibility index (Phi) is 11.2. The quantitative estimate of drug-likeness (QED) is 0.275. The number of alkyl carbamates (subject to hydrolysis) is 1. The molecule has 1 aliphatic carbocycles. The Labute approximate surface area is 248 Å². The van der Waals surface area contributed by atoms with Crippen molar-refractivity contribution in [2.45, 2.75) is 55.8 Å². The minimum Gasteiger partial charge on any atom is -0.497 e. The van der Waals surface area contributed by atoms with E-state index in [-0.39, 0.29) is 24.0 Å². The second-order valence-corrected chi connectivity index (χ2v) is 12.5. The van der Waals surface area contributed by atoms with Gasteiger partial charge < -0.3 is 24.6 Å². The molecule has 1 amide bonds. The first-order valence-electron chi connectivity index (χ1n) is 14.2. The largest absolute Gasteiger partial charge is 0.497 e. The maximum atomic E-state index is 13.8. The molecular formula is C32H40N2O7S. The number of benzene rings is 3. The van der Waals surface area contributed by atoms with Gasteiger partial charge in [0, 0.05) is 13.1 Å². The number of carbonyl (C=O) groups is 1. The summed E-state index contributed by atoms with van der Waals surface area (Å²) in [6.45, 7) is 0.149. The molecule has 9 nitrogen and oxygen atoms in total. The van der Waals surface area contributed by atoms with Gasteiger partial charge in [0.25, 0.3) is 0 Å². The number of ether oxygens (including phenoxy) is 3. The zero-order chi connectivity index (χ0) is 30.0. The lowest BCUT2D eigenvalue weighted by Crippen LogP contribution is -2.51. The maximum absolute atomic E-state index is 13.8. The minimum atomic E-state index is -3.93. The molecule has 0 aliphatic heterocycles. The van der Waals surface area contributed by atoms with E-state index in [4.69, 9.17) is 14.2 Å². The van der Waals surface area contributed by atoms with Crippen molar-refractivity contribution < 1.29 is 32.5 Å². The van der Waals surface area contributed by atoms with Crippen LogP contribution in [0.25, 0.3) is 0 Å². The van der Waals surface area contributed by atoms with Crippen LogP contribution in [-0.2, 0) is 27.8 Å². The SMILES string of the molecule is COc1ccc(COC(=O)N[C@@H](Cc2ccccc2)[C@H](O)CN(CC2CCCC2)S(=O)(=O)c2ccc(OC)cc2)cc1. The fourth-order valence-electron chi connectivity index (χ4n) is 5.20. The van der Waals surface area contributed by atoms with Crippen LogP contribution in [0.1, 0.15) is 36.8 Å². The van der Waals surface area contributed by atoms with Crippen molar-refractivity contribution >= 4 is 16.1 Å². The van der Waals surface area contributed by atoms with E-state index in [2.05, 4.69) is 5.32 Å². The monoisotopic (exact) mass is 596 g/mol. The van der Waals surface area contributed by atoms with Crippen molar-refractivity contribution in [2.24, 2.45) is 5.92 Å². The number of carbonyl (C=O) groups excluding carboxylic acids is 1. The number of hydrogen-bond donors (Lipinski definition) is 2. The van der Waals surface area contributed by atoms with Crippen LogP contribution in [0, 0.1) is 5.92 Å². The van der Waals surface area contributed by atoms with Gasteiger partial charge in [0.1, 0.15) is 18.1 Å². The number of sulfonamides is 1. The number of nitrogens with one attached hydrogen (secondary N) is 1. The van der Waals surface area contributed by atoms with Crippen LogP contribution in [-0.4, -0.2) is 63.4 Å². The third kappa shape index (κ3) is 8.70. The van der Waals surface area contributed by atoms with Gasteiger partial charge in [-0.3, -0.25) is 0 Å². The van der Waals surface area contributed by atoms with Gasteiger partial charge in [0.05, 0.1) is 31.3 Å². The zero-order valence-electron chi connectivity index (χ0n) is 24.1. The summed E-state index contributed by atoms with van der Waals surface area (Å²) in [7, 11) is -0.832. The molecule has 226 valence electrons. The standard InChI is InChI=1S/C32H40N2O7S/c1-39-27-14-12-26(13-15-27)23-41-32(36)33-30(20-24-8-4-3-5-9-24)31(35)22-34(21-25-10-6-7-11-25)42(37,38)29-18-16-28(40-2)17-19-29/h3-5,8-9,12-19,25,30-31,35H,6-7,10-11,20-23H2,1-2H3,(H,33,36)/t30-,31+/m0/s1. The molecule has 0 saturated heterocycles. The Hall–Kier alpha value is -3.60. The van der Waals surface area contributed by atoms with E-state index in [9.17, 15) is 18.3 Å². The van der Waals surface area contributed by atoms with Crippen molar-refractivity contribution in [3.8, 4) is 11.5 Å². The lowest BCUT2D eigenvalue weighted by atomic mass is 10.0. The third-order valence-corrected chi connectivity index (χ3v) is 9.47. The normalized spacial score (nSPS) is 15.2. The highest BCUT2D eigenvalue weighted by molar-refractivity contribution is 7.89. The van der Waals surface area contributed by atoms with Crippen molar-refractivity contribution in [1.29, 1.82) is 0 Å². The van der Waals surface area contributed by atoms with Gasteiger partial charge in [0.15, 0.2) is 0 Å². The lowest BCUT2D eigenvalue weighted by Gasteiger charge is -2.31. The van der Waals surface area contributed by atoms with Gasteiger partial charge in [-0.25, -0.2) is 13.2 Å². The highest BCUT2D eigenvalue weighted by Gasteiger charge is 2.33. The average molecular weight is 597 g/mol. The van der Waals surface area contributed by atoms with Gasteiger partial charge in [-0.1, -0.05) is 55.3 Å². The fraction of sp³-hybridized carbons (Fsp3) is 0.406. The molecule has 0 heterocycles. The highest BCUT2D eigenvalue weighted by Crippen LogP contribution is 2.29. The van der Waals surface area contributed by atoms with Crippen LogP contribution in [0.3, 0.4) is 0 Å². The average Bonchev–Trinajstić information content (AvgIpc) is 3.53. The molecule has 0 aromatic heterocycles. The molecule has 1 fully saturated rings. The molecule has 0 unspecified atom stereocenters. The van der Waals surface area contributed by atoms with E-state index in [1.54, 1.807) is 43.5 Å². The molecule has 0 spiro atoms. The first-order chi connectivity index (χ1) is 20.3. The third-order valence-electron chi connectivity index (χ3n) is 7.62. The Morgan fingerprint density at radius 1 is 0.905 bits per heavy atom. The zero-order valence-corrected chi connectivity index (χ0v) is 25.0. The first kappa shape index (κ1) is 31.3. The van der Waals surface area contributed by atoms with Gasteiger partial charge >= 0.3 is 6.09 Å². The first-order valence-corrected chi connectivity index (χ1v) is 15.6. The Balaban J connectivity index is 1.51. The van der Waals surface area contributed by atoms with E-state index in [0.717, 1.165) is 36.8 Å². The molecule has 0 radical (unpaired) electrons. The summed E-state index contributed by atoms with van der Waals surface area (Å²) in [6.07, 6.45) is 2.38. The van der Waals surface area contributed by atoms with Crippen LogP contribution in [0.2, 0.25) is 0 Å². The summed E-state index contributed by atoms with van der Waals surface area (Å²) in [5, 5.41) is 14.3. The van der Waals surface area contributed by atoms with Crippen LogP contribution >= 0.6 is 0 Å². The van der Waals surface area contributed by atoms with Gasteiger partial charge in [-0.2, -0.15) is 4.31 Å². The number of hydrogen-bond acceptors (Lipinski definition) is 7. The van der Waals surface area contributed by atoms with E-state index in [1.807, 2.05) is 30.3 Å². The van der Waals surface area contributed by atoms with Gasteiger partial charge in [0.2, 0.25) is 10.0 Å². The Morgan fingerprint density at radius 3 is 2.10 bits per heavy atom. The van der Waals surface area contributed by atoms with E-state index in [0.29, 0.717) is 24.5 Å². The predicted octanol–water partition coefficient (Wildman–Crippen LogP) is 4.78. The van der Waals surface area contributed by atoms with Crippen molar-refractivity contribution in [3.05, 3.63) is 90.0 Å². The highest BCUT2D eigenvalue weighted by atomic mass is 32.2. The van der Waals surface area contributed by atoms with E-state index >= 15 is 0 Å². The summed E-state index contributed by atoms with van der Waals surface area (Å²) in [5.74, 6) is 1.46. The molecule has 4 rings (SSSR count). The second-order valence-electron chi connectivity index (χ2n) is 10.6. The summed E-state index contributed by atoms with van der Waals surface area (Å²) in [4.78, 5) is 13.0. The molecule has 1 aliphatic rings. The van der Waals surface area contributed by atoms with Crippen molar-refractivity contribution in [2.75, 3.05) is 27.3 Å². The van der Waals surface area contributed by atoms with E-state index in [1.165, 1.54) is 23.5 Å². The fourth-order valence-corrected chi connectivity index (χ4v) is 6.73.